The number of hydrogen-bond donors (Lipinski definition) is 1. The van der Waals surface area contributed by atoms with Crippen molar-refractivity contribution >= 4 is 16.8 Å². The Labute approximate surface area is 136 Å². The number of benzene rings is 1. The third-order valence-corrected chi connectivity index (χ3v) is 4.97. The predicted molar refractivity (Wildman–Crippen MR) is 90.5 cm³/mol. The summed E-state index contributed by atoms with van der Waals surface area (Å²) in [5.41, 5.74) is 1.44. The van der Waals surface area contributed by atoms with E-state index in [9.17, 15) is 4.79 Å². The zero-order valence-electron chi connectivity index (χ0n) is 13.2. The summed E-state index contributed by atoms with van der Waals surface area (Å²) in [7, 11) is 0. The largest absolute Gasteiger partial charge is 0.335 e. The van der Waals surface area contributed by atoms with Crippen molar-refractivity contribution < 1.29 is 4.79 Å². The fraction of sp³-hybridized carbons (Fsp3) is 0.444. The number of nitrogens with zero attached hydrogens (tertiary/aromatic N) is 3. The summed E-state index contributed by atoms with van der Waals surface area (Å²) >= 11 is 0. The first kappa shape index (κ1) is 14.6. The second-order valence-corrected chi connectivity index (χ2v) is 6.36. The molecule has 0 saturated carbocycles. The Morgan fingerprint density at radius 3 is 2.70 bits per heavy atom. The molecule has 1 N–H and O–H groups in total. The van der Waals surface area contributed by atoms with E-state index in [2.05, 4.69) is 15.2 Å². The molecule has 0 spiro atoms. The quantitative estimate of drug-likeness (QED) is 0.910. The molecule has 0 radical (unpaired) electrons. The number of pyridine rings is 1. The molecule has 2 fully saturated rings. The van der Waals surface area contributed by atoms with E-state index >= 15 is 0 Å². The highest BCUT2D eigenvalue weighted by Gasteiger charge is 2.28. The summed E-state index contributed by atoms with van der Waals surface area (Å²) in [6.07, 6.45) is 1.22. The molecule has 23 heavy (non-hydrogen) atoms. The lowest BCUT2D eigenvalue weighted by Crippen LogP contribution is -2.52. The van der Waals surface area contributed by atoms with Gasteiger partial charge < -0.3 is 10.2 Å². The molecular formula is C18H22N4O. The average molecular weight is 310 g/mol. The van der Waals surface area contributed by atoms with E-state index in [0.29, 0.717) is 11.7 Å². The maximum Gasteiger partial charge on any atom is 0.272 e. The molecule has 2 aliphatic heterocycles. The van der Waals surface area contributed by atoms with Crippen molar-refractivity contribution in [3.8, 4) is 0 Å². The molecule has 4 rings (SSSR count). The average Bonchev–Trinajstić information content (AvgIpc) is 3.15. The van der Waals surface area contributed by atoms with Crippen molar-refractivity contribution in [3.05, 3.63) is 42.1 Å². The highest BCUT2D eigenvalue weighted by atomic mass is 16.2. The third-order valence-electron chi connectivity index (χ3n) is 4.97. The fourth-order valence-electron chi connectivity index (χ4n) is 3.59. The number of carbonyl (C=O) groups excluding carboxylic acids is 1. The number of hydrogen-bond acceptors (Lipinski definition) is 4. The summed E-state index contributed by atoms with van der Waals surface area (Å²) in [6.45, 7) is 5.72. The van der Waals surface area contributed by atoms with Gasteiger partial charge in [0.05, 0.1) is 5.52 Å². The Morgan fingerprint density at radius 1 is 1.09 bits per heavy atom. The van der Waals surface area contributed by atoms with Crippen LogP contribution in [0.5, 0.6) is 0 Å². The molecule has 1 unspecified atom stereocenters. The first-order valence-electron chi connectivity index (χ1n) is 8.41. The third kappa shape index (κ3) is 2.94. The lowest BCUT2D eigenvalue weighted by molar-refractivity contribution is 0.0579. The first-order valence-corrected chi connectivity index (χ1v) is 8.41. The fourth-order valence-corrected chi connectivity index (χ4v) is 3.59. The van der Waals surface area contributed by atoms with E-state index in [1.807, 2.05) is 41.3 Å². The van der Waals surface area contributed by atoms with Gasteiger partial charge in [-0.2, -0.15) is 0 Å². The Bertz CT molecular complexity index is 703. The van der Waals surface area contributed by atoms with Crippen LogP contribution in [-0.4, -0.2) is 66.0 Å². The van der Waals surface area contributed by atoms with Crippen molar-refractivity contribution in [1.82, 2.24) is 20.1 Å². The van der Waals surface area contributed by atoms with Crippen molar-refractivity contribution in [3.63, 3.8) is 0 Å². The van der Waals surface area contributed by atoms with Gasteiger partial charge in [-0.25, -0.2) is 4.98 Å². The van der Waals surface area contributed by atoms with Crippen molar-refractivity contribution in [2.75, 3.05) is 39.3 Å². The Kier molecular flexibility index (Phi) is 3.97. The SMILES string of the molecule is O=C(c1ccc2ccccc2n1)N1CCN(C2CCNC2)CC1. The lowest BCUT2D eigenvalue weighted by Gasteiger charge is -2.37. The minimum absolute atomic E-state index is 0.0555. The number of aromatic nitrogens is 1. The standard InChI is InChI=1S/C18H22N4O/c23-18(17-6-5-14-3-1-2-4-16(14)20-17)22-11-9-21(10-12-22)15-7-8-19-13-15/h1-6,15,19H,7-13H2. The molecule has 2 saturated heterocycles. The maximum atomic E-state index is 12.7. The van der Waals surface area contributed by atoms with Crippen LogP contribution in [0.2, 0.25) is 0 Å². The second kappa shape index (κ2) is 6.26. The number of rotatable bonds is 2. The number of piperazine rings is 1. The highest BCUT2D eigenvalue weighted by molar-refractivity contribution is 5.95. The minimum atomic E-state index is 0.0555. The number of para-hydroxylation sites is 1. The van der Waals surface area contributed by atoms with Crippen LogP contribution >= 0.6 is 0 Å². The van der Waals surface area contributed by atoms with Gasteiger partial charge in [-0.1, -0.05) is 24.3 Å². The molecule has 5 heteroatoms. The van der Waals surface area contributed by atoms with Crippen LogP contribution in [0.3, 0.4) is 0 Å². The normalized spacial score (nSPS) is 22.6. The Balaban J connectivity index is 1.44. The van der Waals surface area contributed by atoms with Gasteiger partial charge in [0.2, 0.25) is 0 Å². The van der Waals surface area contributed by atoms with Gasteiger partial charge in [-0.3, -0.25) is 9.69 Å². The summed E-state index contributed by atoms with van der Waals surface area (Å²) in [6, 6.07) is 12.4. The highest BCUT2D eigenvalue weighted by Crippen LogP contribution is 2.16. The Morgan fingerprint density at radius 2 is 1.91 bits per heavy atom. The first-order chi connectivity index (χ1) is 11.3. The minimum Gasteiger partial charge on any atom is -0.335 e. The van der Waals surface area contributed by atoms with Gasteiger partial charge in [-0.15, -0.1) is 0 Å². The number of nitrogens with one attached hydrogen (secondary N) is 1. The molecule has 2 aliphatic rings. The van der Waals surface area contributed by atoms with Gasteiger partial charge >= 0.3 is 0 Å². The molecule has 0 aliphatic carbocycles. The van der Waals surface area contributed by atoms with E-state index in [1.54, 1.807) is 0 Å². The second-order valence-electron chi connectivity index (χ2n) is 6.36. The van der Waals surface area contributed by atoms with Crippen molar-refractivity contribution in [2.45, 2.75) is 12.5 Å². The zero-order chi connectivity index (χ0) is 15.6. The van der Waals surface area contributed by atoms with Gasteiger partial charge in [0.25, 0.3) is 5.91 Å². The van der Waals surface area contributed by atoms with Crippen molar-refractivity contribution in [1.29, 1.82) is 0 Å². The summed E-state index contributed by atoms with van der Waals surface area (Å²) in [5.74, 6) is 0.0555. The lowest BCUT2D eigenvalue weighted by atomic mass is 10.1. The van der Waals surface area contributed by atoms with Crippen LogP contribution in [0.15, 0.2) is 36.4 Å². The van der Waals surface area contributed by atoms with Gasteiger partial charge in [0.1, 0.15) is 5.69 Å². The van der Waals surface area contributed by atoms with Gasteiger partial charge in [0, 0.05) is 44.2 Å². The van der Waals surface area contributed by atoms with Crippen molar-refractivity contribution in [2.24, 2.45) is 0 Å². The number of amides is 1. The van der Waals surface area contributed by atoms with E-state index < -0.39 is 0 Å². The molecule has 0 bridgehead atoms. The van der Waals surface area contributed by atoms with Crippen LogP contribution in [0.4, 0.5) is 0 Å². The molecule has 1 atom stereocenters. The number of fused-ring (bicyclic) bond motifs is 1. The molecule has 1 amide bonds. The van der Waals surface area contributed by atoms with E-state index in [1.165, 1.54) is 6.42 Å². The molecule has 1 aromatic carbocycles. The van der Waals surface area contributed by atoms with Crippen LogP contribution in [0, 0.1) is 0 Å². The summed E-state index contributed by atoms with van der Waals surface area (Å²) < 4.78 is 0. The van der Waals surface area contributed by atoms with E-state index in [0.717, 1.165) is 50.2 Å². The van der Waals surface area contributed by atoms with Crippen LogP contribution in [0.25, 0.3) is 10.9 Å². The van der Waals surface area contributed by atoms with Crippen LogP contribution in [0.1, 0.15) is 16.9 Å². The Hall–Kier alpha value is -1.98. The molecular weight excluding hydrogens is 288 g/mol. The topological polar surface area (TPSA) is 48.5 Å². The molecule has 2 aromatic rings. The summed E-state index contributed by atoms with van der Waals surface area (Å²) in [5, 5.41) is 4.49. The van der Waals surface area contributed by atoms with Gasteiger partial charge in [-0.05, 0) is 25.1 Å². The van der Waals surface area contributed by atoms with E-state index in [-0.39, 0.29) is 5.91 Å². The molecule has 120 valence electrons. The smallest absolute Gasteiger partial charge is 0.272 e. The zero-order valence-corrected chi connectivity index (χ0v) is 13.2. The van der Waals surface area contributed by atoms with Crippen LogP contribution in [-0.2, 0) is 0 Å². The maximum absolute atomic E-state index is 12.7. The molecule has 3 heterocycles. The van der Waals surface area contributed by atoms with Crippen LogP contribution < -0.4 is 5.32 Å². The molecule has 5 nitrogen and oxygen atoms in total. The molecule has 1 aromatic heterocycles. The van der Waals surface area contributed by atoms with Gasteiger partial charge in [0.15, 0.2) is 0 Å². The predicted octanol–water partition coefficient (Wildman–Crippen LogP) is 1.35. The summed E-state index contributed by atoms with van der Waals surface area (Å²) in [4.78, 5) is 21.7. The number of carbonyl (C=O) groups is 1. The van der Waals surface area contributed by atoms with E-state index in [4.69, 9.17) is 0 Å². The monoisotopic (exact) mass is 310 g/mol.